The van der Waals surface area contributed by atoms with Crippen LogP contribution in [0.25, 0.3) is 6.08 Å². The molecule has 0 radical (unpaired) electrons. The van der Waals surface area contributed by atoms with Gasteiger partial charge < -0.3 is 10.2 Å². The van der Waals surface area contributed by atoms with Crippen molar-refractivity contribution >= 4 is 45.3 Å². The number of hydrogen-bond acceptors (Lipinski definition) is 6. The van der Waals surface area contributed by atoms with E-state index in [0.717, 1.165) is 21.9 Å². The lowest BCUT2D eigenvalue weighted by Gasteiger charge is -2.26. The second kappa shape index (κ2) is 12.5. The molecule has 0 bridgehead atoms. The zero-order chi connectivity index (χ0) is 27.0. The lowest BCUT2D eigenvalue weighted by Crippen LogP contribution is -2.41. The van der Waals surface area contributed by atoms with Crippen molar-refractivity contribution in [3.8, 4) is 0 Å². The maximum atomic E-state index is 13.7. The van der Waals surface area contributed by atoms with E-state index >= 15 is 0 Å². The van der Waals surface area contributed by atoms with Crippen LogP contribution in [-0.4, -0.2) is 26.8 Å². The number of benzene rings is 3. The number of hydrogen-bond donors (Lipinski definition) is 2. The number of carbonyl (C=O) groups is 2. The van der Waals surface area contributed by atoms with E-state index in [1.807, 2.05) is 6.92 Å². The van der Waals surface area contributed by atoms with Crippen molar-refractivity contribution in [3.63, 3.8) is 0 Å². The van der Waals surface area contributed by atoms with Crippen LogP contribution in [0, 0.1) is 6.92 Å². The van der Waals surface area contributed by atoms with Crippen molar-refractivity contribution in [2.75, 3.05) is 10.8 Å². The van der Waals surface area contributed by atoms with Crippen molar-refractivity contribution in [3.05, 3.63) is 100 Å². The summed E-state index contributed by atoms with van der Waals surface area (Å²) in [6.07, 6.45) is 3.48. The van der Waals surface area contributed by atoms with Crippen LogP contribution < -0.4 is 15.5 Å². The Morgan fingerprint density at radius 2 is 1.76 bits per heavy atom. The molecule has 0 aromatic heterocycles. The number of nitrogens with one attached hydrogen (secondary N) is 1. The molecule has 1 amide bonds. The molecule has 37 heavy (non-hydrogen) atoms. The van der Waals surface area contributed by atoms with E-state index in [-0.39, 0.29) is 11.4 Å². The molecule has 0 spiro atoms. The molecule has 0 aliphatic carbocycles. The molecule has 0 aliphatic heterocycles. The Kier molecular flexibility index (Phi) is 9.46. The fourth-order valence-electron chi connectivity index (χ4n) is 3.59. The summed E-state index contributed by atoms with van der Waals surface area (Å²) in [6, 6.07) is 18.6. The van der Waals surface area contributed by atoms with Crippen molar-refractivity contribution in [2.24, 2.45) is 5.90 Å². The van der Waals surface area contributed by atoms with Crippen LogP contribution in [0.15, 0.2) is 77.7 Å². The van der Waals surface area contributed by atoms with E-state index in [9.17, 15) is 18.0 Å². The highest BCUT2D eigenvalue weighted by molar-refractivity contribution is 7.92. The summed E-state index contributed by atoms with van der Waals surface area (Å²) in [5.41, 5.74) is 3.31. The van der Waals surface area contributed by atoms with Crippen LogP contribution in [0.5, 0.6) is 0 Å². The molecule has 10 heteroatoms. The number of halogens is 1. The van der Waals surface area contributed by atoms with Gasteiger partial charge in [0.1, 0.15) is 6.54 Å². The summed E-state index contributed by atoms with van der Waals surface area (Å²) in [5.74, 6) is 3.63. The number of sulfonamides is 1. The predicted molar refractivity (Wildman–Crippen MR) is 144 cm³/mol. The molecule has 0 saturated carbocycles. The average molecular weight is 542 g/mol. The van der Waals surface area contributed by atoms with Crippen LogP contribution in [0.4, 0.5) is 5.69 Å². The molecule has 0 saturated heterocycles. The van der Waals surface area contributed by atoms with Gasteiger partial charge in [-0.1, -0.05) is 54.9 Å². The molecule has 0 fully saturated rings. The van der Waals surface area contributed by atoms with Crippen LogP contribution in [0.2, 0.25) is 5.02 Å². The van der Waals surface area contributed by atoms with Crippen molar-refractivity contribution in [1.82, 2.24) is 5.32 Å². The fraction of sp³-hybridized carbons (Fsp3) is 0.185. The number of anilines is 1. The van der Waals surface area contributed by atoms with Crippen LogP contribution in [-0.2, 0) is 37.4 Å². The second-order valence-electron chi connectivity index (χ2n) is 8.19. The third-order valence-corrected chi connectivity index (χ3v) is 7.87. The monoisotopic (exact) mass is 541 g/mol. The van der Waals surface area contributed by atoms with Crippen molar-refractivity contribution < 1.29 is 22.8 Å². The fourth-order valence-corrected chi connectivity index (χ4v) is 5.24. The Morgan fingerprint density at radius 3 is 2.43 bits per heavy atom. The predicted octanol–water partition coefficient (Wildman–Crippen LogP) is 4.15. The average Bonchev–Trinajstić information content (AvgIpc) is 2.91. The molecular formula is C27H28ClN3O5S. The Balaban J connectivity index is 1.83. The normalized spacial score (nSPS) is 11.4. The number of carbonyl (C=O) groups excluding carboxylic acids is 2. The van der Waals surface area contributed by atoms with Crippen LogP contribution >= 0.6 is 11.6 Å². The Labute approximate surface area is 221 Å². The third kappa shape index (κ3) is 7.19. The summed E-state index contributed by atoms with van der Waals surface area (Å²) in [6.45, 7) is 3.39. The first-order valence-electron chi connectivity index (χ1n) is 11.5. The standard InChI is InChI=1S/C27H28ClN3O5S/c1-3-20-10-13-23(14-11-20)37(34,35)31(25-9-5-8-24(28)19(25)2)18-26(32)30-17-22-7-4-6-21(16-22)12-15-27(33)36-29/h4-16H,3,17-18,29H2,1-2H3,(H,30,32)/b15-12+. The molecule has 3 aromatic rings. The van der Waals surface area contributed by atoms with E-state index < -0.39 is 28.4 Å². The van der Waals surface area contributed by atoms with Gasteiger partial charge in [-0.25, -0.2) is 13.2 Å². The Hall–Kier alpha value is -3.66. The maximum absolute atomic E-state index is 13.7. The van der Waals surface area contributed by atoms with Gasteiger partial charge >= 0.3 is 5.97 Å². The number of nitrogens with zero attached hydrogens (tertiary/aromatic N) is 1. The molecule has 0 atom stereocenters. The number of amides is 1. The molecule has 8 nitrogen and oxygen atoms in total. The van der Waals surface area contributed by atoms with E-state index in [1.165, 1.54) is 12.2 Å². The first-order valence-corrected chi connectivity index (χ1v) is 13.3. The highest BCUT2D eigenvalue weighted by atomic mass is 35.5. The molecule has 194 valence electrons. The van der Waals surface area contributed by atoms with E-state index in [4.69, 9.17) is 17.5 Å². The van der Waals surface area contributed by atoms with Gasteiger partial charge in [0.15, 0.2) is 0 Å². The number of nitrogens with two attached hydrogens (primary N) is 1. The van der Waals surface area contributed by atoms with Gasteiger partial charge in [-0.15, -0.1) is 0 Å². The minimum atomic E-state index is -4.07. The van der Waals surface area contributed by atoms with Gasteiger partial charge in [-0.3, -0.25) is 9.10 Å². The first kappa shape index (κ1) is 27.9. The lowest BCUT2D eigenvalue weighted by atomic mass is 10.1. The highest BCUT2D eigenvalue weighted by Crippen LogP contribution is 2.31. The zero-order valence-electron chi connectivity index (χ0n) is 20.5. The van der Waals surface area contributed by atoms with Crippen LogP contribution in [0.3, 0.4) is 0 Å². The molecule has 3 N–H and O–H groups in total. The number of rotatable bonds is 10. The van der Waals surface area contributed by atoms with Gasteiger partial charge in [0.05, 0.1) is 10.6 Å². The Bertz CT molecular complexity index is 1410. The van der Waals surface area contributed by atoms with E-state index in [2.05, 4.69) is 10.2 Å². The van der Waals surface area contributed by atoms with Crippen LogP contribution in [0.1, 0.15) is 29.2 Å². The molecular weight excluding hydrogens is 514 g/mol. The molecule has 0 heterocycles. The van der Waals surface area contributed by atoms with Gasteiger partial charge in [0, 0.05) is 17.6 Å². The van der Waals surface area contributed by atoms with E-state index in [0.29, 0.717) is 21.8 Å². The summed E-state index contributed by atoms with van der Waals surface area (Å²) in [7, 11) is -4.07. The summed E-state index contributed by atoms with van der Waals surface area (Å²) in [5, 5.41) is 3.16. The Morgan fingerprint density at radius 1 is 1.05 bits per heavy atom. The topological polar surface area (TPSA) is 119 Å². The summed E-state index contributed by atoms with van der Waals surface area (Å²) < 4.78 is 28.4. The smallest absolute Gasteiger partial charge is 0.349 e. The lowest BCUT2D eigenvalue weighted by molar-refractivity contribution is -0.138. The molecule has 0 unspecified atom stereocenters. The van der Waals surface area contributed by atoms with E-state index in [1.54, 1.807) is 73.7 Å². The SMILES string of the molecule is CCc1ccc(S(=O)(=O)N(CC(=O)NCc2cccc(/C=C/C(=O)ON)c2)c2cccc(Cl)c2C)cc1. The maximum Gasteiger partial charge on any atom is 0.349 e. The minimum absolute atomic E-state index is 0.0763. The van der Waals surface area contributed by atoms with Gasteiger partial charge in [-0.2, -0.15) is 5.90 Å². The largest absolute Gasteiger partial charge is 0.370 e. The minimum Gasteiger partial charge on any atom is -0.370 e. The zero-order valence-corrected chi connectivity index (χ0v) is 22.1. The second-order valence-corrected chi connectivity index (χ2v) is 10.5. The highest BCUT2D eigenvalue weighted by Gasteiger charge is 2.28. The molecule has 0 aliphatic rings. The first-order chi connectivity index (χ1) is 17.6. The quantitative estimate of drug-likeness (QED) is 0.294. The van der Waals surface area contributed by atoms with Gasteiger partial charge in [0.25, 0.3) is 10.0 Å². The summed E-state index contributed by atoms with van der Waals surface area (Å²) >= 11 is 6.28. The molecule has 3 aromatic carbocycles. The third-order valence-electron chi connectivity index (χ3n) is 5.68. The summed E-state index contributed by atoms with van der Waals surface area (Å²) in [4.78, 5) is 28.4. The number of aryl methyl sites for hydroxylation is 1. The van der Waals surface area contributed by atoms with Gasteiger partial charge in [0.2, 0.25) is 5.91 Å². The van der Waals surface area contributed by atoms with Crippen molar-refractivity contribution in [2.45, 2.75) is 31.7 Å². The van der Waals surface area contributed by atoms with Crippen molar-refractivity contribution in [1.29, 1.82) is 0 Å². The molecule has 3 rings (SSSR count). The van der Waals surface area contributed by atoms with Gasteiger partial charge in [-0.05, 0) is 72.0 Å².